The molecule has 0 unspecified atom stereocenters. The summed E-state index contributed by atoms with van der Waals surface area (Å²) >= 11 is 1.44. The molecule has 1 aromatic carbocycles. The molecule has 0 aliphatic carbocycles. The van der Waals surface area contributed by atoms with Gasteiger partial charge in [-0.3, -0.25) is 0 Å². The molecule has 0 saturated heterocycles. The molecule has 0 radical (unpaired) electrons. The van der Waals surface area contributed by atoms with E-state index >= 15 is 0 Å². The Hall–Kier alpha value is -0.960. The average Bonchev–Trinajstić information content (AvgIpc) is 2.58. The lowest BCUT2D eigenvalue weighted by molar-refractivity contribution is 0.393. The smallest absolute Gasteiger partial charge is 0.228 e. The topological polar surface area (TPSA) is 21.6 Å². The molecular weight excluding hydrogens is 158 g/mol. The van der Waals surface area contributed by atoms with Crippen LogP contribution in [0, 0.1) is 0 Å². The quantitative estimate of drug-likeness (QED) is 0.594. The SMILES string of the molecule is c1ccc(C2=NSCO2)cc1. The van der Waals surface area contributed by atoms with Gasteiger partial charge in [0.2, 0.25) is 5.90 Å². The molecule has 0 aromatic heterocycles. The third-order valence-corrected chi connectivity index (χ3v) is 1.93. The summed E-state index contributed by atoms with van der Waals surface area (Å²) in [5.41, 5.74) is 1.05. The van der Waals surface area contributed by atoms with Crippen LogP contribution >= 0.6 is 11.9 Å². The molecule has 2 rings (SSSR count). The molecule has 0 atom stereocenters. The fraction of sp³-hybridized carbons (Fsp3) is 0.125. The van der Waals surface area contributed by atoms with Gasteiger partial charge >= 0.3 is 0 Å². The zero-order valence-corrected chi connectivity index (χ0v) is 6.67. The van der Waals surface area contributed by atoms with Crippen molar-refractivity contribution >= 4 is 17.8 Å². The Kier molecular flexibility index (Phi) is 1.81. The number of hydrogen-bond acceptors (Lipinski definition) is 3. The van der Waals surface area contributed by atoms with Crippen LogP contribution in [0.5, 0.6) is 0 Å². The zero-order valence-electron chi connectivity index (χ0n) is 5.86. The Balaban J connectivity index is 2.29. The van der Waals surface area contributed by atoms with Crippen LogP contribution in [-0.2, 0) is 4.74 Å². The molecule has 0 amide bonds. The molecule has 0 N–H and O–H groups in total. The molecule has 1 aliphatic rings. The maximum Gasteiger partial charge on any atom is 0.228 e. The fourth-order valence-corrected chi connectivity index (χ4v) is 1.40. The number of hydrogen-bond donors (Lipinski definition) is 0. The summed E-state index contributed by atoms with van der Waals surface area (Å²) in [6.45, 7) is 0. The van der Waals surface area contributed by atoms with E-state index in [0.717, 1.165) is 11.5 Å². The molecule has 0 fully saturated rings. The van der Waals surface area contributed by atoms with E-state index in [1.807, 2.05) is 30.3 Å². The van der Waals surface area contributed by atoms with Crippen molar-refractivity contribution in [1.82, 2.24) is 0 Å². The summed E-state index contributed by atoms with van der Waals surface area (Å²) in [6.07, 6.45) is 0. The highest BCUT2D eigenvalue weighted by atomic mass is 32.2. The van der Waals surface area contributed by atoms with Crippen molar-refractivity contribution in [3.63, 3.8) is 0 Å². The van der Waals surface area contributed by atoms with Crippen LogP contribution in [-0.4, -0.2) is 11.8 Å². The van der Waals surface area contributed by atoms with Gasteiger partial charge < -0.3 is 4.74 Å². The van der Waals surface area contributed by atoms with Crippen LogP contribution in [0.1, 0.15) is 5.56 Å². The van der Waals surface area contributed by atoms with Crippen LogP contribution in [0.4, 0.5) is 0 Å². The summed E-state index contributed by atoms with van der Waals surface area (Å²) in [5.74, 6) is 1.39. The lowest BCUT2D eigenvalue weighted by atomic mass is 10.2. The van der Waals surface area contributed by atoms with E-state index in [1.54, 1.807) is 0 Å². The van der Waals surface area contributed by atoms with Crippen molar-refractivity contribution in [2.24, 2.45) is 4.40 Å². The van der Waals surface area contributed by atoms with Crippen molar-refractivity contribution in [1.29, 1.82) is 0 Å². The predicted octanol–water partition coefficient (Wildman–Crippen LogP) is 2.07. The van der Waals surface area contributed by atoms with Crippen molar-refractivity contribution in [2.45, 2.75) is 0 Å². The van der Waals surface area contributed by atoms with Gasteiger partial charge in [-0.2, -0.15) is 4.40 Å². The lowest BCUT2D eigenvalue weighted by Crippen LogP contribution is -1.99. The number of nitrogens with zero attached hydrogens (tertiary/aromatic N) is 1. The maximum atomic E-state index is 5.25. The van der Waals surface area contributed by atoms with E-state index in [9.17, 15) is 0 Å². The summed E-state index contributed by atoms with van der Waals surface area (Å²) < 4.78 is 9.37. The van der Waals surface area contributed by atoms with Crippen molar-refractivity contribution in [3.8, 4) is 0 Å². The summed E-state index contributed by atoms with van der Waals surface area (Å²) in [5, 5.41) is 0. The molecule has 2 nitrogen and oxygen atoms in total. The van der Waals surface area contributed by atoms with Crippen molar-refractivity contribution < 1.29 is 4.74 Å². The maximum absolute atomic E-state index is 5.25. The van der Waals surface area contributed by atoms with Gasteiger partial charge in [-0.25, -0.2) is 0 Å². The zero-order chi connectivity index (χ0) is 7.52. The van der Waals surface area contributed by atoms with Gasteiger partial charge in [-0.15, -0.1) is 0 Å². The highest BCUT2D eigenvalue weighted by Gasteiger charge is 2.09. The first kappa shape index (κ1) is 6.73. The molecule has 11 heavy (non-hydrogen) atoms. The Bertz CT molecular complexity index is 271. The summed E-state index contributed by atoms with van der Waals surface area (Å²) in [7, 11) is 0. The molecule has 0 spiro atoms. The first-order valence-electron chi connectivity index (χ1n) is 3.35. The monoisotopic (exact) mass is 165 g/mol. The fourth-order valence-electron chi connectivity index (χ4n) is 0.910. The van der Waals surface area contributed by atoms with Gasteiger partial charge in [0, 0.05) is 17.5 Å². The van der Waals surface area contributed by atoms with E-state index in [2.05, 4.69) is 4.40 Å². The first-order chi connectivity index (χ1) is 5.47. The van der Waals surface area contributed by atoms with Crippen LogP contribution in [0.25, 0.3) is 0 Å². The van der Waals surface area contributed by atoms with Gasteiger partial charge in [-0.1, -0.05) is 18.2 Å². The van der Waals surface area contributed by atoms with Gasteiger partial charge in [0.05, 0.1) is 0 Å². The predicted molar refractivity (Wildman–Crippen MR) is 46.5 cm³/mol. The second-order valence-electron chi connectivity index (χ2n) is 2.15. The minimum absolute atomic E-state index is 0.643. The lowest BCUT2D eigenvalue weighted by Gasteiger charge is -1.97. The van der Waals surface area contributed by atoms with Crippen LogP contribution in [0.15, 0.2) is 34.7 Å². The van der Waals surface area contributed by atoms with Gasteiger partial charge in [-0.05, 0) is 12.1 Å². The third kappa shape index (κ3) is 1.38. The second-order valence-corrected chi connectivity index (χ2v) is 2.83. The van der Waals surface area contributed by atoms with Crippen molar-refractivity contribution in [2.75, 3.05) is 5.94 Å². The number of ether oxygens (including phenoxy) is 1. The Morgan fingerprint density at radius 2 is 2.09 bits per heavy atom. The standard InChI is InChI=1S/C8H7NOS/c1-2-4-7(5-3-1)8-9-11-6-10-8/h1-5H,6H2. The van der Waals surface area contributed by atoms with Crippen LogP contribution < -0.4 is 0 Å². The van der Waals surface area contributed by atoms with Crippen LogP contribution in [0.2, 0.25) is 0 Å². The Morgan fingerprint density at radius 3 is 2.73 bits per heavy atom. The van der Waals surface area contributed by atoms with Crippen molar-refractivity contribution in [3.05, 3.63) is 35.9 Å². The molecule has 1 heterocycles. The highest BCUT2D eigenvalue weighted by molar-refractivity contribution is 7.98. The number of benzene rings is 1. The van der Waals surface area contributed by atoms with E-state index in [-0.39, 0.29) is 0 Å². The Morgan fingerprint density at radius 1 is 1.27 bits per heavy atom. The summed E-state index contributed by atoms with van der Waals surface area (Å²) in [4.78, 5) is 0. The molecule has 56 valence electrons. The minimum Gasteiger partial charge on any atom is -0.464 e. The number of rotatable bonds is 1. The molecular formula is C8H7NOS. The second kappa shape index (κ2) is 2.96. The molecule has 1 aromatic rings. The summed E-state index contributed by atoms with van der Waals surface area (Å²) in [6, 6.07) is 9.91. The first-order valence-corrected chi connectivity index (χ1v) is 4.29. The van der Waals surface area contributed by atoms with Gasteiger partial charge in [0.15, 0.2) is 5.94 Å². The largest absolute Gasteiger partial charge is 0.464 e. The van der Waals surface area contributed by atoms with Crippen LogP contribution in [0.3, 0.4) is 0 Å². The molecule has 0 saturated carbocycles. The molecule has 3 heteroatoms. The molecule has 0 bridgehead atoms. The van der Waals surface area contributed by atoms with Gasteiger partial charge in [0.1, 0.15) is 0 Å². The third-order valence-electron chi connectivity index (χ3n) is 1.42. The van der Waals surface area contributed by atoms with E-state index in [0.29, 0.717) is 5.94 Å². The Labute approximate surface area is 69.4 Å². The minimum atomic E-state index is 0.643. The van der Waals surface area contributed by atoms with E-state index in [1.165, 1.54) is 11.9 Å². The highest BCUT2D eigenvalue weighted by Crippen LogP contribution is 2.16. The molecule has 1 aliphatic heterocycles. The van der Waals surface area contributed by atoms with Gasteiger partial charge in [0.25, 0.3) is 0 Å². The normalized spacial score (nSPS) is 15.8. The average molecular weight is 165 g/mol. The van der Waals surface area contributed by atoms with E-state index in [4.69, 9.17) is 4.74 Å². The van der Waals surface area contributed by atoms with E-state index < -0.39 is 0 Å².